The van der Waals surface area contributed by atoms with E-state index in [9.17, 15) is 45.3 Å². The molecule has 6 aliphatic rings. The first-order valence-electron chi connectivity index (χ1n) is 31.3. The first-order valence-corrected chi connectivity index (χ1v) is 32.0. The van der Waals surface area contributed by atoms with Crippen LogP contribution in [0.2, 0.25) is 10.0 Å². The van der Waals surface area contributed by atoms with Gasteiger partial charge in [0.2, 0.25) is 47.1 Å². The Morgan fingerprint density at radius 1 is 0.536 bits per heavy atom. The molecule has 0 fully saturated rings. The summed E-state index contributed by atoms with van der Waals surface area (Å²) in [6.07, 6.45) is 1.91. The molecule has 0 radical (unpaired) electrons. The van der Waals surface area contributed by atoms with Crippen molar-refractivity contribution in [1.29, 1.82) is 0 Å². The first-order chi connectivity index (χ1) is 46.4. The molecule has 7 aromatic rings. The van der Waals surface area contributed by atoms with Gasteiger partial charge in [-0.2, -0.15) is 0 Å². The molecule has 7 aromatic carbocycles. The highest BCUT2D eigenvalue weighted by molar-refractivity contribution is 6.32. The Bertz CT molecular complexity index is 4280. The van der Waals surface area contributed by atoms with Crippen molar-refractivity contribution in [3.63, 3.8) is 0 Å². The number of carbonyl (C=O) groups is 7. The molecule has 506 valence electrons. The normalized spacial score (nSPS) is 20.8. The SMILES string of the molecule is CCCCN(CCCC)CCCNC(=O)[C@H]1NC(=O)[C@H]2NC(=O)[C@H](NC(=O)[C@@H]3NC(=O)[C@H]4NC(=O)[C@@H](Cc5ccc(c(Cl)c5)Oc5cc3cc(c5O)Oc3ccc(cc3Cl)[C@H]2O)NC(=O)[C@H](N)c2ccc(O)c(c2)Oc2cc(O)cc4c2)c2ccc(O)c(c2)-c2c(O)cc(O)cc21. The van der Waals surface area contributed by atoms with E-state index >= 15 is 24.0 Å². The number of hydrogen-bond acceptors (Lipinski definition) is 19. The van der Waals surface area contributed by atoms with Crippen molar-refractivity contribution in [3.05, 3.63) is 164 Å². The van der Waals surface area contributed by atoms with Crippen LogP contribution < -0.4 is 57.2 Å². The van der Waals surface area contributed by atoms with Crippen molar-refractivity contribution >= 4 is 64.6 Å². The fourth-order valence-corrected chi connectivity index (χ4v) is 12.4. The topological polar surface area (TPSA) is 402 Å². The molecule has 13 rings (SSSR count). The van der Waals surface area contributed by atoms with Gasteiger partial charge in [-0.05, 0) is 157 Å². The van der Waals surface area contributed by atoms with E-state index in [1.54, 1.807) is 0 Å². The van der Waals surface area contributed by atoms with Gasteiger partial charge in [0.25, 0.3) is 0 Å². The van der Waals surface area contributed by atoms with E-state index in [-0.39, 0.29) is 90.5 Å². The fraction of sp³-hybridized carbons (Fsp3) is 0.290. The summed E-state index contributed by atoms with van der Waals surface area (Å²) in [5.41, 5.74) is 5.12. The van der Waals surface area contributed by atoms with Crippen LogP contribution in [-0.4, -0.2) is 120 Å². The number of rotatable bonds is 11. The zero-order valence-electron chi connectivity index (χ0n) is 52.2. The molecule has 0 saturated carbocycles. The van der Waals surface area contributed by atoms with Gasteiger partial charge < -0.3 is 97.8 Å². The molecule has 0 aromatic heterocycles. The summed E-state index contributed by atoms with van der Waals surface area (Å²) in [7, 11) is 0. The summed E-state index contributed by atoms with van der Waals surface area (Å²) in [6, 6.07) is 9.58. The van der Waals surface area contributed by atoms with Crippen molar-refractivity contribution in [2.75, 3.05) is 26.2 Å². The lowest BCUT2D eigenvalue weighted by Gasteiger charge is -2.31. The maximum atomic E-state index is 15.9. The summed E-state index contributed by atoms with van der Waals surface area (Å²) < 4.78 is 18.6. The van der Waals surface area contributed by atoms with Crippen LogP contribution in [-0.2, 0) is 40.0 Å². The zero-order valence-corrected chi connectivity index (χ0v) is 53.7. The van der Waals surface area contributed by atoms with Gasteiger partial charge in [-0.1, -0.05) is 74.2 Å². The number of phenolic OH excluding ortho intramolecular Hbond substituents is 6. The van der Waals surface area contributed by atoms with Crippen LogP contribution in [0.1, 0.15) is 121 Å². The molecular weight excluding hydrogens is 1300 g/mol. The van der Waals surface area contributed by atoms with Gasteiger partial charge in [-0.3, -0.25) is 33.6 Å². The number of fused-ring (bicyclic) bond motifs is 14. The highest BCUT2D eigenvalue weighted by Crippen LogP contribution is 2.48. The van der Waals surface area contributed by atoms with E-state index < -0.39 is 136 Å². The Kier molecular flexibility index (Phi) is 20.2. The van der Waals surface area contributed by atoms with Crippen LogP contribution in [0.15, 0.2) is 115 Å². The number of hydrogen-bond donors (Lipinski definition) is 15. The zero-order chi connectivity index (χ0) is 69.1. The van der Waals surface area contributed by atoms with E-state index in [4.69, 9.17) is 43.1 Å². The van der Waals surface area contributed by atoms with Gasteiger partial charge >= 0.3 is 0 Å². The van der Waals surface area contributed by atoms with E-state index in [1.807, 2.05) is 0 Å². The van der Waals surface area contributed by atoms with Crippen LogP contribution >= 0.6 is 23.2 Å². The monoisotopic (exact) mass is 1370 g/mol. The molecule has 16 N–H and O–H groups in total. The van der Waals surface area contributed by atoms with Crippen LogP contribution in [0.25, 0.3) is 11.1 Å². The maximum absolute atomic E-state index is 15.9. The van der Waals surface area contributed by atoms with Crippen LogP contribution in [0.4, 0.5) is 0 Å². The van der Waals surface area contributed by atoms with Gasteiger partial charge in [0.15, 0.2) is 23.0 Å². The van der Waals surface area contributed by atoms with Crippen LogP contribution in [0, 0.1) is 0 Å². The predicted molar refractivity (Wildman–Crippen MR) is 351 cm³/mol. The number of ether oxygens (including phenoxy) is 3. The molecule has 7 amide bonds. The largest absolute Gasteiger partial charge is 0.508 e. The second-order valence-electron chi connectivity index (χ2n) is 24.0. The van der Waals surface area contributed by atoms with Crippen molar-refractivity contribution < 1.29 is 83.5 Å². The Balaban J connectivity index is 1.08. The minimum absolute atomic E-state index is 0.0788. The quantitative estimate of drug-likeness (QED) is 0.0564. The molecule has 0 unspecified atom stereocenters. The third kappa shape index (κ3) is 14.8. The van der Waals surface area contributed by atoms with Gasteiger partial charge in [-0.15, -0.1) is 0 Å². The summed E-state index contributed by atoms with van der Waals surface area (Å²) >= 11 is 13.9. The number of nitrogens with two attached hydrogens (primary N) is 1. The first kappa shape index (κ1) is 67.9. The number of nitrogens with one attached hydrogen (secondary N) is 7. The number of aliphatic hydroxyl groups excluding tert-OH is 1. The molecule has 28 heteroatoms. The van der Waals surface area contributed by atoms with Gasteiger partial charge in [0.05, 0.1) is 10.0 Å². The van der Waals surface area contributed by atoms with Gasteiger partial charge in [0.1, 0.15) is 88.6 Å². The van der Waals surface area contributed by atoms with E-state index in [2.05, 4.69) is 56.0 Å². The molecule has 97 heavy (non-hydrogen) atoms. The van der Waals surface area contributed by atoms with Crippen LogP contribution in [0.5, 0.6) is 69.0 Å². The third-order valence-corrected chi connectivity index (χ3v) is 17.7. The highest BCUT2D eigenvalue weighted by Gasteiger charge is 2.41. The molecule has 0 spiro atoms. The lowest BCUT2D eigenvalue weighted by Crippen LogP contribution is -2.56. The number of phenols is 6. The lowest BCUT2D eigenvalue weighted by molar-refractivity contribution is -0.137. The fourth-order valence-electron chi connectivity index (χ4n) is 12.0. The minimum atomic E-state index is -2.15. The molecule has 17 bridgehead atoms. The summed E-state index contributed by atoms with van der Waals surface area (Å²) in [4.78, 5) is 109. The summed E-state index contributed by atoms with van der Waals surface area (Å²) in [5, 5.41) is 99.9. The number of benzene rings is 7. The molecule has 0 aliphatic carbocycles. The Morgan fingerprint density at radius 2 is 1.11 bits per heavy atom. The molecule has 0 saturated heterocycles. The Hall–Kier alpha value is -10.5. The van der Waals surface area contributed by atoms with E-state index in [0.717, 1.165) is 81.2 Å². The Morgan fingerprint density at radius 3 is 1.78 bits per heavy atom. The average Bonchev–Trinajstić information content (AvgIpc) is 0.776. The van der Waals surface area contributed by atoms with Crippen molar-refractivity contribution in [1.82, 2.24) is 42.1 Å². The maximum Gasteiger partial charge on any atom is 0.248 e. The molecule has 8 atom stereocenters. The van der Waals surface area contributed by atoms with Crippen molar-refractivity contribution in [2.24, 2.45) is 5.73 Å². The number of unbranched alkanes of at least 4 members (excludes halogenated alkanes) is 2. The summed E-state index contributed by atoms with van der Waals surface area (Å²) in [5.74, 6) is -13.3. The molecule has 6 aliphatic heterocycles. The summed E-state index contributed by atoms with van der Waals surface area (Å²) in [6.45, 7) is 6.53. The van der Waals surface area contributed by atoms with Crippen molar-refractivity contribution in [3.8, 4) is 80.1 Å². The Labute approximate surface area is 564 Å². The second kappa shape index (κ2) is 28.8. The molecule has 26 nitrogen and oxygen atoms in total. The number of aromatic hydroxyl groups is 6. The highest BCUT2D eigenvalue weighted by atomic mass is 35.5. The number of nitrogens with zero attached hydrogens (tertiary/aromatic N) is 1. The van der Waals surface area contributed by atoms with E-state index in [0.29, 0.717) is 18.5 Å². The third-order valence-electron chi connectivity index (χ3n) is 17.1. The smallest absolute Gasteiger partial charge is 0.248 e. The minimum Gasteiger partial charge on any atom is -0.508 e. The van der Waals surface area contributed by atoms with Gasteiger partial charge in [0, 0.05) is 36.2 Å². The average molecular weight is 1370 g/mol. The van der Waals surface area contributed by atoms with Crippen LogP contribution in [0.3, 0.4) is 0 Å². The number of halogens is 2. The van der Waals surface area contributed by atoms with Crippen molar-refractivity contribution in [2.45, 2.75) is 101 Å². The molecule has 6 heterocycles. The molecular formula is C69H69Cl2N9O17. The van der Waals surface area contributed by atoms with Gasteiger partial charge in [-0.25, -0.2) is 0 Å². The standard InChI is InChI=1S/C69H69Cl2N9O17/c1-3-5-17-80(18-6-4-2)19-7-16-73-65(90)59-42-30-39(82)31-48(85)54(42)41-24-34(10-12-46(41)83)56-66(91)79-60(69(94)78-59)61(86)35-11-15-50(44(71)25-35)97-53-28-37-27-52(62(53)87)96-49-14-8-32(20-43(49)70)21-45-63(88)75-57(67(92)77-58(37)68(93)76-56)36-22-38(81)29-40(23-36)95-51-26-33(9-13-47(51)84)55(72)64(89)74-45/h8-15,20,22-31,45,55-61,81-87H,3-7,16-19,21,72H2,1-2H3,(H,73,90)(H,74,89)(H,75,88)(H,76,93)(H,77,92)(H,78,94)(H,79,91)/t45-,55-,56-,57+,58-,59+,60+,61-/m1/s1. The van der Waals surface area contributed by atoms with E-state index in [1.165, 1.54) is 72.8 Å². The number of aliphatic hydroxyl groups is 1. The number of carbonyl (C=O) groups excluding carboxylic acids is 7. The second-order valence-corrected chi connectivity index (χ2v) is 24.8. The predicted octanol–water partition coefficient (Wildman–Crippen LogP) is 7.31. The lowest BCUT2D eigenvalue weighted by atomic mass is 9.89. The number of amides is 7.